The third kappa shape index (κ3) is 4.40. The van der Waals surface area contributed by atoms with Gasteiger partial charge in [0.15, 0.2) is 15.0 Å². The predicted molar refractivity (Wildman–Crippen MR) is 119 cm³/mol. The molecule has 0 heterocycles. The average Bonchev–Trinajstić information content (AvgIpc) is 2.73. The first-order chi connectivity index (χ1) is 13.7. The molecule has 0 saturated carbocycles. The predicted octanol–water partition coefficient (Wildman–Crippen LogP) is 6.63. The Morgan fingerprint density at radius 3 is 1.82 bits per heavy atom. The standard InChI is InChI=1S/C26H25OS/c1-20-8-14-24(15-9-20)28(25-16-10-21(2)11-17-25)26-18-12-23(13-19-26)27-22-6-4-3-5-7-22/h3-18,26H,19H2,1-2H3/q+1. The molecule has 4 rings (SSSR count). The Balaban J connectivity index is 1.58. The molecule has 28 heavy (non-hydrogen) atoms. The van der Waals surface area contributed by atoms with Gasteiger partial charge >= 0.3 is 0 Å². The third-order valence-electron chi connectivity index (χ3n) is 4.86. The maximum atomic E-state index is 6.00. The molecule has 3 aromatic rings. The van der Waals surface area contributed by atoms with Gasteiger partial charge in [0.05, 0.1) is 10.9 Å². The molecule has 0 amide bonds. The molecule has 0 radical (unpaired) electrons. The Morgan fingerprint density at radius 1 is 0.750 bits per heavy atom. The van der Waals surface area contributed by atoms with E-state index in [1.54, 1.807) is 0 Å². The van der Waals surface area contributed by atoms with Crippen LogP contribution in [0.5, 0.6) is 5.75 Å². The zero-order valence-electron chi connectivity index (χ0n) is 16.3. The van der Waals surface area contributed by atoms with E-state index in [9.17, 15) is 0 Å². The number of hydrogen-bond donors (Lipinski definition) is 0. The molecule has 1 nitrogen and oxygen atoms in total. The van der Waals surface area contributed by atoms with Crippen LogP contribution in [0.3, 0.4) is 0 Å². The summed E-state index contributed by atoms with van der Waals surface area (Å²) in [7, 11) is -0.00258. The summed E-state index contributed by atoms with van der Waals surface area (Å²) in [5.41, 5.74) is 2.60. The van der Waals surface area contributed by atoms with Crippen LogP contribution in [0.25, 0.3) is 0 Å². The number of aryl methyl sites for hydroxylation is 2. The van der Waals surface area contributed by atoms with E-state index in [-0.39, 0.29) is 10.9 Å². The van der Waals surface area contributed by atoms with Crippen molar-refractivity contribution in [3.8, 4) is 5.75 Å². The highest BCUT2D eigenvalue weighted by Gasteiger charge is 2.34. The Hall–Kier alpha value is -2.71. The van der Waals surface area contributed by atoms with E-state index in [2.05, 4.69) is 80.6 Å². The van der Waals surface area contributed by atoms with Crippen LogP contribution in [0.2, 0.25) is 0 Å². The molecule has 3 aromatic carbocycles. The fourth-order valence-corrected chi connectivity index (χ4v) is 5.67. The lowest BCUT2D eigenvalue weighted by atomic mass is 10.1. The number of allylic oxidation sites excluding steroid dienone is 2. The first-order valence-corrected chi connectivity index (χ1v) is 11.0. The first kappa shape index (κ1) is 18.6. The fraction of sp³-hybridized carbons (Fsp3) is 0.154. The summed E-state index contributed by atoms with van der Waals surface area (Å²) in [6, 6.07) is 28.0. The molecule has 1 aliphatic rings. The van der Waals surface area contributed by atoms with Crippen molar-refractivity contribution in [2.24, 2.45) is 0 Å². The molecule has 1 atom stereocenters. The molecule has 2 heteroatoms. The van der Waals surface area contributed by atoms with Crippen LogP contribution in [0, 0.1) is 13.8 Å². The van der Waals surface area contributed by atoms with Gasteiger partial charge in [-0.3, -0.25) is 0 Å². The minimum Gasteiger partial charge on any atom is -0.458 e. The maximum Gasteiger partial charge on any atom is 0.161 e. The van der Waals surface area contributed by atoms with Gasteiger partial charge in [0, 0.05) is 6.42 Å². The van der Waals surface area contributed by atoms with Gasteiger partial charge in [-0.1, -0.05) is 53.6 Å². The van der Waals surface area contributed by atoms with Crippen molar-refractivity contribution >= 4 is 10.9 Å². The molecule has 0 fully saturated rings. The van der Waals surface area contributed by atoms with Crippen LogP contribution >= 0.6 is 0 Å². The summed E-state index contributed by atoms with van der Waals surface area (Å²) in [6.07, 6.45) is 7.65. The van der Waals surface area contributed by atoms with Gasteiger partial charge in [0.2, 0.25) is 0 Å². The summed E-state index contributed by atoms with van der Waals surface area (Å²) >= 11 is 0. The first-order valence-electron chi connectivity index (χ1n) is 9.67. The quantitative estimate of drug-likeness (QED) is 0.448. The summed E-state index contributed by atoms with van der Waals surface area (Å²) in [5, 5.41) is 0.438. The smallest absolute Gasteiger partial charge is 0.161 e. The lowest BCUT2D eigenvalue weighted by Crippen LogP contribution is -2.22. The molecular weight excluding hydrogens is 360 g/mol. The number of rotatable bonds is 5. The Kier molecular flexibility index (Phi) is 5.68. The molecule has 0 bridgehead atoms. The van der Waals surface area contributed by atoms with Gasteiger partial charge in [-0.25, -0.2) is 0 Å². The van der Waals surface area contributed by atoms with Crippen molar-refractivity contribution < 1.29 is 4.74 Å². The summed E-state index contributed by atoms with van der Waals surface area (Å²) in [5.74, 6) is 1.81. The molecule has 0 aliphatic heterocycles. The van der Waals surface area contributed by atoms with Gasteiger partial charge in [0.1, 0.15) is 11.5 Å². The van der Waals surface area contributed by atoms with Gasteiger partial charge < -0.3 is 4.74 Å². The van der Waals surface area contributed by atoms with Gasteiger partial charge in [-0.05, 0) is 68.5 Å². The molecule has 1 aliphatic carbocycles. The largest absolute Gasteiger partial charge is 0.458 e. The second kappa shape index (κ2) is 8.53. The van der Waals surface area contributed by atoms with E-state index in [0.29, 0.717) is 5.25 Å². The van der Waals surface area contributed by atoms with Crippen LogP contribution < -0.4 is 4.74 Å². The monoisotopic (exact) mass is 385 g/mol. The van der Waals surface area contributed by atoms with E-state index in [0.717, 1.165) is 17.9 Å². The topological polar surface area (TPSA) is 9.23 Å². The van der Waals surface area contributed by atoms with E-state index >= 15 is 0 Å². The third-order valence-corrected chi connectivity index (χ3v) is 7.37. The van der Waals surface area contributed by atoms with Crippen molar-refractivity contribution in [2.75, 3.05) is 0 Å². The Labute approximate surface area is 170 Å². The van der Waals surface area contributed by atoms with Gasteiger partial charge in [-0.2, -0.15) is 0 Å². The highest BCUT2D eigenvalue weighted by molar-refractivity contribution is 7.97. The molecule has 140 valence electrons. The second-order valence-electron chi connectivity index (χ2n) is 7.12. The number of benzene rings is 3. The van der Waals surface area contributed by atoms with E-state index in [1.807, 2.05) is 30.3 Å². The van der Waals surface area contributed by atoms with E-state index in [4.69, 9.17) is 4.74 Å². The highest BCUT2D eigenvalue weighted by atomic mass is 32.2. The minimum atomic E-state index is -0.00258. The van der Waals surface area contributed by atoms with Crippen LogP contribution in [0.4, 0.5) is 0 Å². The molecule has 1 unspecified atom stereocenters. The van der Waals surface area contributed by atoms with Crippen molar-refractivity contribution in [2.45, 2.75) is 35.3 Å². The average molecular weight is 386 g/mol. The van der Waals surface area contributed by atoms with Crippen molar-refractivity contribution in [1.29, 1.82) is 0 Å². The van der Waals surface area contributed by atoms with Gasteiger partial charge in [0.25, 0.3) is 0 Å². The molecule has 0 saturated heterocycles. The van der Waals surface area contributed by atoms with Gasteiger partial charge in [-0.15, -0.1) is 0 Å². The molecule has 0 N–H and O–H groups in total. The number of para-hydroxylation sites is 1. The fourth-order valence-electron chi connectivity index (χ4n) is 3.31. The molecule has 0 aromatic heterocycles. The normalized spacial score (nSPS) is 16.1. The summed E-state index contributed by atoms with van der Waals surface area (Å²) < 4.78 is 6.00. The zero-order chi connectivity index (χ0) is 19.3. The van der Waals surface area contributed by atoms with Crippen LogP contribution in [0.15, 0.2) is 113 Å². The highest BCUT2D eigenvalue weighted by Crippen LogP contribution is 2.33. The van der Waals surface area contributed by atoms with Crippen LogP contribution in [0.1, 0.15) is 17.5 Å². The summed E-state index contributed by atoms with van der Waals surface area (Å²) in [6.45, 7) is 4.29. The second-order valence-corrected chi connectivity index (χ2v) is 9.34. The van der Waals surface area contributed by atoms with Crippen molar-refractivity contribution in [1.82, 2.24) is 0 Å². The van der Waals surface area contributed by atoms with E-state index in [1.165, 1.54) is 20.9 Å². The van der Waals surface area contributed by atoms with Crippen LogP contribution in [-0.2, 0) is 10.9 Å². The minimum absolute atomic E-state index is 0.00258. The Morgan fingerprint density at radius 2 is 1.32 bits per heavy atom. The lowest BCUT2D eigenvalue weighted by molar-refractivity contribution is 0.439. The molecule has 0 spiro atoms. The van der Waals surface area contributed by atoms with E-state index < -0.39 is 0 Å². The van der Waals surface area contributed by atoms with Crippen molar-refractivity contribution in [3.63, 3.8) is 0 Å². The molecular formula is C26H25OS+. The maximum absolute atomic E-state index is 6.00. The summed E-state index contributed by atoms with van der Waals surface area (Å²) in [4.78, 5) is 2.79. The van der Waals surface area contributed by atoms with Crippen LogP contribution in [-0.4, -0.2) is 5.25 Å². The SMILES string of the molecule is Cc1ccc([S+](c2ccc(C)cc2)C2C=CC(Oc3ccccc3)=CC2)cc1. The lowest BCUT2D eigenvalue weighted by Gasteiger charge is -2.19. The van der Waals surface area contributed by atoms with Crippen molar-refractivity contribution in [3.05, 3.63) is 114 Å². The number of ether oxygens (including phenoxy) is 1. The Bertz CT molecular complexity index is 924. The zero-order valence-corrected chi connectivity index (χ0v) is 17.2. The number of hydrogen-bond acceptors (Lipinski definition) is 1.